The Bertz CT molecular complexity index is 1330. The molecule has 2 fully saturated rings. The highest BCUT2D eigenvalue weighted by Crippen LogP contribution is 2.37. The van der Waals surface area contributed by atoms with E-state index in [1.54, 1.807) is 6.20 Å². The second-order valence-corrected chi connectivity index (χ2v) is 12.2. The number of amides is 1. The van der Waals surface area contributed by atoms with Gasteiger partial charge in [-0.25, -0.2) is 4.98 Å². The summed E-state index contributed by atoms with van der Waals surface area (Å²) in [7, 11) is 0. The molecular formula is C28H38N8O2. The first-order valence-electron chi connectivity index (χ1n) is 13.8. The summed E-state index contributed by atoms with van der Waals surface area (Å²) >= 11 is 0. The second-order valence-electron chi connectivity index (χ2n) is 12.2. The highest BCUT2D eigenvalue weighted by atomic mass is 16.3. The van der Waals surface area contributed by atoms with Crippen LogP contribution >= 0.6 is 0 Å². The fraction of sp³-hybridized carbons (Fsp3) is 0.571. The van der Waals surface area contributed by atoms with E-state index in [4.69, 9.17) is 10.2 Å². The molecule has 38 heavy (non-hydrogen) atoms. The molecule has 3 aromatic rings. The smallest absolute Gasteiger partial charge is 0.228 e. The molecule has 0 unspecified atom stereocenters. The van der Waals surface area contributed by atoms with Crippen LogP contribution in [-0.4, -0.2) is 53.1 Å². The van der Waals surface area contributed by atoms with Crippen molar-refractivity contribution in [1.29, 1.82) is 0 Å². The van der Waals surface area contributed by atoms with Crippen LogP contribution in [0.2, 0.25) is 0 Å². The minimum absolute atomic E-state index is 0.0521. The van der Waals surface area contributed by atoms with Crippen LogP contribution in [0.1, 0.15) is 82.4 Å². The normalized spacial score (nSPS) is 23.6. The average Bonchev–Trinajstić information content (AvgIpc) is 3.48. The van der Waals surface area contributed by atoms with Crippen LogP contribution in [0.15, 0.2) is 30.5 Å². The topological polar surface area (TPSA) is 113 Å². The van der Waals surface area contributed by atoms with Gasteiger partial charge >= 0.3 is 0 Å². The lowest BCUT2D eigenvalue weighted by Gasteiger charge is -2.34. The Kier molecular flexibility index (Phi) is 6.26. The number of hydrogen-bond acceptors (Lipinski definition) is 7. The van der Waals surface area contributed by atoms with Crippen molar-refractivity contribution in [2.45, 2.75) is 90.1 Å². The van der Waals surface area contributed by atoms with Crippen molar-refractivity contribution in [3.63, 3.8) is 0 Å². The SMILES string of the molecule is C[C@@H]1c2cc(Nc3cc(C(C)(C)C)n([C@H]4C[C@H](O)C4)n3)nn2CCN1Cc1ccnc(NC(=O)C2CC2)c1. The Hall–Kier alpha value is -3.24. The van der Waals surface area contributed by atoms with E-state index >= 15 is 0 Å². The van der Waals surface area contributed by atoms with Gasteiger partial charge in [-0.15, -0.1) is 0 Å². The number of pyridine rings is 1. The van der Waals surface area contributed by atoms with Crippen molar-refractivity contribution in [3.05, 3.63) is 47.4 Å². The number of hydrogen-bond donors (Lipinski definition) is 3. The third-order valence-electron chi connectivity index (χ3n) is 7.99. The van der Waals surface area contributed by atoms with E-state index < -0.39 is 0 Å². The van der Waals surface area contributed by atoms with Crippen molar-refractivity contribution in [3.8, 4) is 0 Å². The summed E-state index contributed by atoms with van der Waals surface area (Å²) in [5.74, 6) is 2.45. The van der Waals surface area contributed by atoms with Crippen LogP contribution < -0.4 is 10.6 Å². The molecule has 3 N–H and O–H groups in total. The third-order valence-corrected chi connectivity index (χ3v) is 7.99. The molecule has 0 saturated heterocycles. The summed E-state index contributed by atoms with van der Waals surface area (Å²) in [5, 5.41) is 25.9. The fourth-order valence-corrected chi connectivity index (χ4v) is 5.46. The van der Waals surface area contributed by atoms with Gasteiger partial charge in [0.05, 0.1) is 24.4 Å². The number of anilines is 3. The number of aromatic nitrogens is 5. The Labute approximate surface area is 223 Å². The molecule has 1 amide bonds. The molecular weight excluding hydrogens is 480 g/mol. The zero-order valence-electron chi connectivity index (χ0n) is 22.7. The van der Waals surface area contributed by atoms with E-state index in [0.717, 1.165) is 73.9 Å². The van der Waals surface area contributed by atoms with Crippen molar-refractivity contribution in [2.75, 3.05) is 17.2 Å². The largest absolute Gasteiger partial charge is 0.393 e. The van der Waals surface area contributed by atoms with E-state index in [9.17, 15) is 9.90 Å². The first kappa shape index (κ1) is 25.1. The molecule has 0 spiro atoms. The van der Waals surface area contributed by atoms with Crippen LogP contribution in [0.3, 0.4) is 0 Å². The van der Waals surface area contributed by atoms with Crippen molar-refractivity contribution in [1.82, 2.24) is 29.4 Å². The zero-order valence-corrected chi connectivity index (χ0v) is 22.7. The van der Waals surface area contributed by atoms with Crippen molar-refractivity contribution >= 4 is 23.4 Å². The highest BCUT2D eigenvalue weighted by Gasteiger charge is 2.34. The molecule has 0 aromatic carbocycles. The van der Waals surface area contributed by atoms with E-state index in [2.05, 4.69) is 69.7 Å². The zero-order chi connectivity index (χ0) is 26.6. The Morgan fingerprint density at radius 3 is 2.55 bits per heavy atom. The number of nitrogens with zero attached hydrogens (tertiary/aromatic N) is 6. The van der Waals surface area contributed by atoms with Gasteiger partial charge in [0.2, 0.25) is 5.91 Å². The average molecular weight is 519 g/mol. The van der Waals surface area contributed by atoms with Crippen LogP contribution in [0.4, 0.5) is 17.5 Å². The number of rotatable bonds is 7. The maximum absolute atomic E-state index is 12.1. The Balaban J connectivity index is 1.15. The van der Waals surface area contributed by atoms with Gasteiger partial charge in [-0.05, 0) is 50.3 Å². The van der Waals surface area contributed by atoms with Gasteiger partial charge in [-0.3, -0.25) is 19.1 Å². The van der Waals surface area contributed by atoms with Crippen LogP contribution in [-0.2, 0) is 23.3 Å². The number of fused-ring (bicyclic) bond motifs is 1. The third kappa shape index (κ3) is 5.07. The fourth-order valence-electron chi connectivity index (χ4n) is 5.46. The lowest BCUT2D eigenvalue weighted by atomic mass is 9.87. The lowest BCUT2D eigenvalue weighted by Crippen LogP contribution is -2.36. The molecule has 1 aliphatic heterocycles. The van der Waals surface area contributed by atoms with Gasteiger partial charge in [-0.1, -0.05) is 20.8 Å². The predicted molar refractivity (Wildman–Crippen MR) is 145 cm³/mol. The molecule has 0 bridgehead atoms. The molecule has 1 atom stereocenters. The minimum atomic E-state index is -0.224. The molecule has 2 saturated carbocycles. The summed E-state index contributed by atoms with van der Waals surface area (Å²) < 4.78 is 4.17. The van der Waals surface area contributed by atoms with Gasteiger partial charge in [0, 0.05) is 54.5 Å². The first-order valence-corrected chi connectivity index (χ1v) is 13.8. The van der Waals surface area contributed by atoms with E-state index in [1.165, 1.54) is 0 Å². The van der Waals surface area contributed by atoms with Crippen molar-refractivity contribution in [2.24, 2.45) is 5.92 Å². The molecule has 10 heteroatoms. The summed E-state index contributed by atoms with van der Waals surface area (Å²) in [6, 6.07) is 8.66. The van der Waals surface area contributed by atoms with Gasteiger partial charge < -0.3 is 15.7 Å². The molecule has 2 aliphatic carbocycles. The van der Waals surface area contributed by atoms with E-state index in [0.29, 0.717) is 5.82 Å². The Morgan fingerprint density at radius 1 is 1.08 bits per heavy atom. The van der Waals surface area contributed by atoms with E-state index in [-0.39, 0.29) is 35.4 Å². The highest BCUT2D eigenvalue weighted by molar-refractivity contribution is 5.93. The Morgan fingerprint density at radius 2 is 1.84 bits per heavy atom. The standard InChI is InChI=1S/C28H38N8O2/c1-17-22-14-25(30-26-15-23(28(2,3)4)36(33-26)20-12-21(37)13-20)32-35(22)10-9-34(17)16-18-7-8-29-24(11-18)31-27(38)19-5-6-19/h7-8,11,14-15,17,19-21,37H,5-6,9-10,12-13,16H2,1-4H3,(H,29,31,38)(H,30,32,33)/t17-,20-,21-/m1/s1. The number of carbonyl (C=O) groups is 1. The maximum Gasteiger partial charge on any atom is 0.228 e. The first-order chi connectivity index (χ1) is 18.1. The molecule has 10 nitrogen and oxygen atoms in total. The minimum Gasteiger partial charge on any atom is -0.393 e. The molecule has 3 aromatic heterocycles. The van der Waals surface area contributed by atoms with Crippen LogP contribution in [0.25, 0.3) is 0 Å². The van der Waals surface area contributed by atoms with Crippen molar-refractivity contribution < 1.29 is 9.90 Å². The van der Waals surface area contributed by atoms with Crippen LogP contribution in [0, 0.1) is 5.92 Å². The molecule has 0 radical (unpaired) electrons. The maximum atomic E-state index is 12.1. The second kappa shape index (κ2) is 9.50. The van der Waals surface area contributed by atoms with Gasteiger partial charge in [0.1, 0.15) is 5.82 Å². The summed E-state index contributed by atoms with van der Waals surface area (Å²) in [4.78, 5) is 18.9. The number of nitrogens with one attached hydrogen (secondary N) is 2. The summed E-state index contributed by atoms with van der Waals surface area (Å²) in [5.41, 5.74) is 3.40. The molecule has 6 rings (SSSR count). The number of aliphatic hydroxyl groups excluding tert-OH is 1. The lowest BCUT2D eigenvalue weighted by molar-refractivity contribution is -0.117. The molecule has 202 valence electrons. The summed E-state index contributed by atoms with van der Waals surface area (Å²) in [6.45, 7) is 11.2. The molecule has 4 heterocycles. The van der Waals surface area contributed by atoms with Crippen LogP contribution in [0.5, 0.6) is 0 Å². The van der Waals surface area contributed by atoms with E-state index in [1.807, 2.05) is 12.1 Å². The number of carbonyl (C=O) groups excluding carboxylic acids is 1. The quantitative estimate of drug-likeness (QED) is 0.431. The van der Waals surface area contributed by atoms with Gasteiger partial charge in [0.15, 0.2) is 11.6 Å². The monoisotopic (exact) mass is 518 g/mol. The van der Waals surface area contributed by atoms with Gasteiger partial charge in [-0.2, -0.15) is 10.2 Å². The summed E-state index contributed by atoms with van der Waals surface area (Å²) in [6.07, 6.45) is 5.01. The number of aliphatic hydroxyl groups is 1. The van der Waals surface area contributed by atoms with Gasteiger partial charge in [0.25, 0.3) is 0 Å². The molecule has 3 aliphatic rings. The predicted octanol–water partition coefficient (Wildman–Crippen LogP) is 4.14.